The summed E-state index contributed by atoms with van der Waals surface area (Å²) < 4.78 is 0. The zero-order chi connectivity index (χ0) is 12.5. The number of thiophene rings is 1. The van der Waals surface area contributed by atoms with Gasteiger partial charge in [-0.15, -0.1) is 11.3 Å². The number of hydrogen-bond donors (Lipinski definition) is 1. The van der Waals surface area contributed by atoms with Crippen LogP contribution in [0.15, 0.2) is 4.79 Å². The smallest absolute Gasteiger partial charge is 0.259 e. The minimum Gasteiger partial charge on any atom is -0.310 e. The van der Waals surface area contributed by atoms with Crippen molar-refractivity contribution in [3.8, 4) is 0 Å². The van der Waals surface area contributed by atoms with Gasteiger partial charge >= 0.3 is 0 Å². The zero-order valence-corrected chi connectivity index (χ0v) is 10.8. The van der Waals surface area contributed by atoms with Gasteiger partial charge in [0, 0.05) is 17.7 Å². The number of nitrogens with one attached hydrogen (secondary N) is 1. The number of rotatable bonds is 3. The predicted molar refractivity (Wildman–Crippen MR) is 71.3 cm³/mol. The summed E-state index contributed by atoms with van der Waals surface area (Å²) in [5.74, 6) is 0.623. The highest BCUT2D eigenvalue weighted by molar-refractivity contribution is 7.18. The Morgan fingerprint density at radius 1 is 1.33 bits per heavy atom. The summed E-state index contributed by atoms with van der Waals surface area (Å²) >= 11 is 1.64. The van der Waals surface area contributed by atoms with Crippen molar-refractivity contribution in [1.82, 2.24) is 9.97 Å². The molecule has 2 aromatic rings. The first-order valence-corrected chi connectivity index (χ1v) is 7.08. The number of H-pyrrole nitrogens is 1. The van der Waals surface area contributed by atoms with Crippen LogP contribution in [0.25, 0.3) is 10.2 Å². The Kier molecular flexibility index (Phi) is 2.99. The molecule has 0 amide bonds. The van der Waals surface area contributed by atoms with Crippen molar-refractivity contribution in [2.45, 2.75) is 38.5 Å². The normalized spacial score (nSPS) is 14.7. The second kappa shape index (κ2) is 4.65. The minimum atomic E-state index is -0.0414. The van der Waals surface area contributed by atoms with Gasteiger partial charge in [-0.1, -0.05) is 0 Å². The van der Waals surface area contributed by atoms with Gasteiger partial charge in [0.15, 0.2) is 0 Å². The lowest BCUT2D eigenvalue weighted by Crippen LogP contribution is -2.13. The number of carbonyl (C=O) groups excluding carboxylic acids is 1. The van der Waals surface area contributed by atoms with Crippen molar-refractivity contribution >= 4 is 27.8 Å². The van der Waals surface area contributed by atoms with Crippen LogP contribution < -0.4 is 5.56 Å². The molecule has 0 aromatic carbocycles. The van der Waals surface area contributed by atoms with Gasteiger partial charge in [-0.3, -0.25) is 4.79 Å². The largest absolute Gasteiger partial charge is 0.310 e. The number of fused-ring (bicyclic) bond motifs is 3. The van der Waals surface area contributed by atoms with Gasteiger partial charge in [-0.25, -0.2) is 4.98 Å². The molecule has 0 atom stereocenters. The van der Waals surface area contributed by atoms with Crippen molar-refractivity contribution in [2.75, 3.05) is 0 Å². The van der Waals surface area contributed by atoms with Crippen molar-refractivity contribution in [2.24, 2.45) is 0 Å². The molecular weight excluding hydrogens is 248 g/mol. The Labute approximate surface area is 108 Å². The van der Waals surface area contributed by atoms with Crippen molar-refractivity contribution in [1.29, 1.82) is 0 Å². The molecule has 0 aliphatic heterocycles. The predicted octanol–water partition coefficient (Wildman–Crippen LogP) is 1.99. The van der Waals surface area contributed by atoms with E-state index in [1.54, 1.807) is 11.3 Å². The van der Waals surface area contributed by atoms with Crippen LogP contribution in [-0.4, -0.2) is 16.3 Å². The quantitative estimate of drug-likeness (QED) is 0.860. The van der Waals surface area contributed by atoms with Crippen LogP contribution in [-0.2, 0) is 24.1 Å². The van der Waals surface area contributed by atoms with E-state index in [-0.39, 0.29) is 5.56 Å². The Balaban J connectivity index is 2.14. The van der Waals surface area contributed by atoms with Crippen LogP contribution in [0.1, 0.15) is 35.5 Å². The molecule has 0 fully saturated rings. The first kappa shape index (κ1) is 11.6. The zero-order valence-electron chi connectivity index (χ0n) is 9.99. The van der Waals surface area contributed by atoms with E-state index in [9.17, 15) is 9.59 Å². The first-order chi connectivity index (χ1) is 8.79. The van der Waals surface area contributed by atoms with Gasteiger partial charge in [-0.05, 0) is 31.2 Å². The summed E-state index contributed by atoms with van der Waals surface area (Å²) in [6.07, 6.45) is 6.19. The summed E-state index contributed by atoms with van der Waals surface area (Å²) in [6, 6.07) is 0. The molecular formula is C13H14N2O2S. The van der Waals surface area contributed by atoms with Gasteiger partial charge in [0.2, 0.25) is 0 Å². The van der Waals surface area contributed by atoms with E-state index in [1.807, 2.05) is 0 Å². The number of hydrogen-bond acceptors (Lipinski definition) is 4. The van der Waals surface area contributed by atoms with Crippen molar-refractivity contribution < 1.29 is 4.79 Å². The lowest BCUT2D eigenvalue weighted by Gasteiger charge is -2.09. The van der Waals surface area contributed by atoms with E-state index in [1.165, 1.54) is 16.9 Å². The molecule has 5 heteroatoms. The molecule has 2 heterocycles. The van der Waals surface area contributed by atoms with E-state index in [0.29, 0.717) is 18.7 Å². The van der Waals surface area contributed by atoms with Crippen LogP contribution in [0, 0.1) is 0 Å². The number of nitrogens with zero attached hydrogens (tertiary/aromatic N) is 1. The summed E-state index contributed by atoms with van der Waals surface area (Å²) in [4.78, 5) is 31.9. The molecule has 1 aliphatic carbocycles. The minimum absolute atomic E-state index is 0.0414. The molecule has 0 spiro atoms. The standard InChI is InChI=1S/C13H14N2O2S/c16-7-3-6-10-14-12(17)11-8-4-1-2-5-9(8)18-13(11)15-10/h7H,1-6H2,(H,14,15,17). The number of aldehydes is 1. The first-order valence-electron chi connectivity index (χ1n) is 6.26. The van der Waals surface area contributed by atoms with Crippen molar-refractivity contribution in [3.63, 3.8) is 0 Å². The molecule has 1 N–H and O–H groups in total. The lowest BCUT2D eigenvalue weighted by atomic mass is 9.97. The number of carbonyl (C=O) groups is 1. The molecule has 0 saturated carbocycles. The second-order valence-electron chi connectivity index (χ2n) is 4.61. The second-order valence-corrected chi connectivity index (χ2v) is 5.69. The third-order valence-corrected chi connectivity index (χ3v) is 4.56. The highest BCUT2D eigenvalue weighted by atomic mass is 32.1. The monoisotopic (exact) mass is 262 g/mol. The average molecular weight is 262 g/mol. The summed E-state index contributed by atoms with van der Waals surface area (Å²) in [7, 11) is 0. The lowest BCUT2D eigenvalue weighted by molar-refractivity contribution is -0.107. The highest BCUT2D eigenvalue weighted by Crippen LogP contribution is 2.33. The molecule has 0 bridgehead atoms. The van der Waals surface area contributed by atoms with E-state index in [4.69, 9.17) is 0 Å². The van der Waals surface area contributed by atoms with Crippen molar-refractivity contribution in [3.05, 3.63) is 26.6 Å². The van der Waals surface area contributed by atoms with Crippen LogP contribution in [0.2, 0.25) is 0 Å². The number of aryl methyl sites for hydroxylation is 3. The molecule has 94 valence electrons. The SMILES string of the molecule is O=CCCc1nc2sc3c(c2c(=O)[nH]1)CCCC3. The third kappa shape index (κ3) is 1.88. The summed E-state index contributed by atoms with van der Waals surface area (Å²) in [6.45, 7) is 0. The third-order valence-electron chi connectivity index (χ3n) is 3.37. The van der Waals surface area contributed by atoms with Gasteiger partial charge in [0.05, 0.1) is 5.39 Å². The fourth-order valence-corrected chi connectivity index (χ4v) is 3.80. The Morgan fingerprint density at radius 2 is 2.17 bits per heavy atom. The number of aromatic nitrogens is 2. The topological polar surface area (TPSA) is 62.8 Å². The molecule has 0 saturated heterocycles. The van der Waals surface area contributed by atoms with E-state index in [0.717, 1.165) is 35.8 Å². The van der Waals surface area contributed by atoms with Crippen LogP contribution in [0.3, 0.4) is 0 Å². The molecule has 4 nitrogen and oxygen atoms in total. The summed E-state index contributed by atoms with van der Waals surface area (Å²) in [5.41, 5.74) is 1.16. The maximum atomic E-state index is 12.1. The van der Waals surface area contributed by atoms with E-state index in [2.05, 4.69) is 9.97 Å². The molecule has 2 aromatic heterocycles. The molecule has 0 unspecified atom stereocenters. The van der Waals surface area contributed by atoms with Gasteiger partial charge in [0.25, 0.3) is 5.56 Å². The van der Waals surface area contributed by atoms with Crippen LogP contribution >= 0.6 is 11.3 Å². The van der Waals surface area contributed by atoms with Gasteiger partial charge < -0.3 is 9.78 Å². The Morgan fingerprint density at radius 3 is 3.00 bits per heavy atom. The number of aromatic amines is 1. The molecule has 0 radical (unpaired) electrons. The van der Waals surface area contributed by atoms with E-state index < -0.39 is 0 Å². The molecule has 3 rings (SSSR count). The van der Waals surface area contributed by atoms with Gasteiger partial charge in [-0.2, -0.15) is 0 Å². The fraction of sp³-hybridized carbons (Fsp3) is 0.462. The fourth-order valence-electron chi connectivity index (χ4n) is 2.52. The summed E-state index contributed by atoms with van der Waals surface area (Å²) in [5, 5.41) is 0.782. The van der Waals surface area contributed by atoms with E-state index >= 15 is 0 Å². The Hall–Kier alpha value is -1.49. The van der Waals surface area contributed by atoms with Crippen LogP contribution in [0.4, 0.5) is 0 Å². The maximum absolute atomic E-state index is 12.1. The van der Waals surface area contributed by atoms with Gasteiger partial charge in [0.1, 0.15) is 16.9 Å². The maximum Gasteiger partial charge on any atom is 0.259 e. The molecule has 1 aliphatic rings. The average Bonchev–Trinajstić information content (AvgIpc) is 2.74. The van der Waals surface area contributed by atoms with Crippen LogP contribution in [0.5, 0.6) is 0 Å². The highest BCUT2D eigenvalue weighted by Gasteiger charge is 2.19. The Bertz CT molecular complexity index is 657. The molecule has 18 heavy (non-hydrogen) atoms.